The summed E-state index contributed by atoms with van der Waals surface area (Å²) in [7, 11) is 0. The van der Waals surface area contributed by atoms with E-state index in [1.807, 2.05) is 32.0 Å². The second kappa shape index (κ2) is 6.38. The third kappa shape index (κ3) is 4.55. The Kier molecular flexibility index (Phi) is 5.13. The first-order valence-corrected chi connectivity index (χ1v) is 6.25. The van der Waals surface area contributed by atoms with Crippen LogP contribution in [0.3, 0.4) is 0 Å². The summed E-state index contributed by atoms with van der Waals surface area (Å²) in [6.07, 6.45) is 2.49. The van der Waals surface area contributed by atoms with E-state index < -0.39 is 0 Å². The summed E-state index contributed by atoms with van der Waals surface area (Å²) in [6, 6.07) is 5.57. The summed E-state index contributed by atoms with van der Waals surface area (Å²) in [5.41, 5.74) is 6.49. The molecule has 1 aromatic carbocycles. The highest BCUT2D eigenvalue weighted by molar-refractivity contribution is 5.55. The van der Waals surface area contributed by atoms with Crippen LogP contribution in [0.5, 0.6) is 11.5 Å². The van der Waals surface area contributed by atoms with Gasteiger partial charge in [-0.05, 0) is 39.3 Å². The van der Waals surface area contributed by atoms with Crippen LogP contribution in [0.25, 0.3) is 0 Å². The lowest BCUT2D eigenvalue weighted by Crippen LogP contribution is -2.12. The molecule has 0 aliphatic heterocycles. The van der Waals surface area contributed by atoms with Crippen LogP contribution in [0.1, 0.15) is 40.5 Å². The zero-order chi connectivity index (χ0) is 12.8. The Morgan fingerprint density at radius 1 is 1.18 bits per heavy atom. The maximum Gasteiger partial charge on any atom is 0.146 e. The van der Waals surface area contributed by atoms with Crippen molar-refractivity contribution in [3.05, 3.63) is 18.2 Å². The van der Waals surface area contributed by atoms with Gasteiger partial charge in [-0.2, -0.15) is 0 Å². The highest BCUT2D eigenvalue weighted by Gasteiger charge is 2.07. The van der Waals surface area contributed by atoms with Gasteiger partial charge in [-0.1, -0.05) is 13.3 Å². The maximum absolute atomic E-state index is 5.85. The zero-order valence-electron chi connectivity index (χ0n) is 11.2. The van der Waals surface area contributed by atoms with Crippen LogP contribution in [0.4, 0.5) is 5.69 Å². The number of rotatable bonds is 6. The van der Waals surface area contributed by atoms with Crippen molar-refractivity contribution < 1.29 is 9.47 Å². The van der Waals surface area contributed by atoms with E-state index in [0.29, 0.717) is 11.4 Å². The molecular formula is C14H23NO2. The second-order valence-electron chi connectivity index (χ2n) is 4.58. The fraction of sp³-hybridized carbons (Fsp3) is 0.571. The lowest BCUT2D eigenvalue weighted by Gasteiger charge is -2.17. The molecule has 0 heterocycles. The Balaban J connectivity index is 2.74. The van der Waals surface area contributed by atoms with Crippen LogP contribution >= 0.6 is 0 Å². The van der Waals surface area contributed by atoms with Crippen molar-refractivity contribution in [2.75, 3.05) is 5.73 Å². The lowest BCUT2D eigenvalue weighted by molar-refractivity contribution is 0.206. The van der Waals surface area contributed by atoms with Gasteiger partial charge in [0.1, 0.15) is 11.5 Å². The van der Waals surface area contributed by atoms with Gasteiger partial charge >= 0.3 is 0 Å². The molecule has 0 saturated heterocycles. The second-order valence-corrected chi connectivity index (χ2v) is 4.58. The molecule has 0 radical (unpaired) electrons. The van der Waals surface area contributed by atoms with Crippen LogP contribution in [0.2, 0.25) is 0 Å². The van der Waals surface area contributed by atoms with Crippen molar-refractivity contribution in [1.82, 2.24) is 0 Å². The van der Waals surface area contributed by atoms with Gasteiger partial charge in [-0.3, -0.25) is 0 Å². The molecule has 0 spiro atoms. The standard InChI is InChI=1S/C14H23NO2/c1-5-6-11(4)17-12-7-8-13(15)14(9-12)16-10(2)3/h7-11H,5-6,15H2,1-4H3. The first-order chi connectivity index (χ1) is 8.02. The van der Waals surface area contributed by atoms with Crippen molar-refractivity contribution >= 4 is 5.69 Å². The molecule has 0 aliphatic carbocycles. The summed E-state index contributed by atoms with van der Waals surface area (Å²) < 4.78 is 11.4. The molecule has 0 saturated carbocycles. The average Bonchev–Trinajstić information content (AvgIpc) is 2.22. The fourth-order valence-corrected chi connectivity index (χ4v) is 1.64. The van der Waals surface area contributed by atoms with Crippen molar-refractivity contribution in [2.24, 2.45) is 0 Å². The molecule has 0 aliphatic rings. The van der Waals surface area contributed by atoms with Gasteiger partial charge < -0.3 is 15.2 Å². The maximum atomic E-state index is 5.85. The highest BCUT2D eigenvalue weighted by atomic mass is 16.5. The van der Waals surface area contributed by atoms with Gasteiger partial charge in [0, 0.05) is 6.07 Å². The van der Waals surface area contributed by atoms with Crippen LogP contribution in [-0.2, 0) is 0 Å². The number of ether oxygens (including phenoxy) is 2. The summed E-state index contributed by atoms with van der Waals surface area (Å²) in [6.45, 7) is 8.18. The Morgan fingerprint density at radius 2 is 1.88 bits per heavy atom. The van der Waals surface area contributed by atoms with Gasteiger partial charge in [0.15, 0.2) is 0 Å². The topological polar surface area (TPSA) is 44.5 Å². The van der Waals surface area contributed by atoms with Gasteiger partial charge in [0.25, 0.3) is 0 Å². The van der Waals surface area contributed by atoms with Crippen LogP contribution in [0, 0.1) is 0 Å². The van der Waals surface area contributed by atoms with Crippen LogP contribution in [-0.4, -0.2) is 12.2 Å². The molecule has 96 valence electrons. The van der Waals surface area contributed by atoms with Crippen molar-refractivity contribution in [2.45, 2.75) is 52.7 Å². The lowest BCUT2D eigenvalue weighted by atomic mass is 10.2. The van der Waals surface area contributed by atoms with E-state index in [1.54, 1.807) is 0 Å². The number of benzene rings is 1. The third-order valence-electron chi connectivity index (χ3n) is 2.38. The van der Waals surface area contributed by atoms with Gasteiger partial charge in [0.05, 0.1) is 17.9 Å². The molecule has 1 atom stereocenters. The summed E-state index contributed by atoms with van der Waals surface area (Å²) in [5.74, 6) is 1.51. The van der Waals surface area contributed by atoms with Gasteiger partial charge in [-0.25, -0.2) is 0 Å². The largest absolute Gasteiger partial charge is 0.491 e. The number of nitrogen functional groups attached to an aromatic ring is 1. The predicted molar refractivity (Wildman–Crippen MR) is 71.6 cm³/mol. The van der Waals surface area contributed by atoms with Crippen molar-refractivity contribution in [3.63, 3.8) is 0 Å². The summed E-state index contributed by atoms with van der Waals surface area (Å²) in [4.78, 5) is 0. The van der Waals surface area contributed by atoms with Crippen molar-refractivity contribution in [1.29, 1.82) is 0 Å². The van der Waals surface area contributed by atoms with E-state index in [9.17, 15) is 0 Å². The SMILES string of the molecule is CCCC(C)Oc1ccc(N)c(OC(C)C)c1. The zero-order valence-corrected chi connectivity index (χ0v) is 11.2. The molecule has 1 aromatic rings. The fourth-order valence-electron chi connectivity index (χ4n) is 1.64. The van der Waals surface area contributed by atoms with E-state index in [-0.39, 0.29) is 12.2 Å². The molecule has 1 rings (SSSR count). The van der Waals surface area contributed by atoms with E-state index in [4.69, 9.17) is 15.2 Å². The first-order valence-electron chi connectivity index (χ1n) is 6.25. The molecule has 0 aromatic heterocycles. The Bertz CT molecular complexity index is 350. The van der Waals surface area contributed by atoms with E-state index >= 15 is 0 Å². The molecule has 1 unspecified atom stereocenters. The Labute approximate surface area is 104 Å². The average molecular weight is 237 g/mol. The van der Waals surface area contributed by atoms with Gasteiger partial charge in [0.2, 0.25) is 0 Å². The molecule has 2 N–H and O–H groups in total. The smallest absolute Gasteiger partial charge is 0.146 e. The summed E-state index contributed by atoms with van der Waals surface area (Å²) >= 11 is 0. The predicted octanol–water partition coefficient (Wildman–Crippen LogP) is 3.62. The number of nitrogens with two attached hydrogens (primary N) is 1. The van der Waals surface area contributed by atoms with E-state index in [1.165, 1.54) is 0 Å². The molecule has 17 heavy (non-hydrogen) atoms. The monoisotopic (exact) mass is 237 g/mol. The molecular weight excluding hydrogens is 214 g/mol. The molecule has 0 bridgehead atoms. The summed E-state index contributed by atoms with van der Waals surface area (Å²) in [5, 5.41) is 0. The highest BCUT2D eigenvalue weighted by Crippen LogP contribution is 2.28. The van der Waals surface area contributed by atoms with E-state index in [0.717, 1.165) is 18.6 Å². The number of anilines is 1. The van der Waals surface area contributed by atoms with E-state index in [2.05, 4.69) is 13.8 Å². The molecule has 0 fully saturated rings. The Hall–Kier alpha value is -1.38. The number of hydrogen-bond donors (Lipinski definition) is 1. The van der Waals surface area contributed by atoms with Crippen LogP contribution in [0.15, 0.2) is 18.2 Å². The number of hydrogen-bond acceptors (Lipinski definition) is 3. The first kappa shape index (κ1) is 13.7. The van der Waals surface area contributed by atoms with Crippen LogP contribution < -0.4 is 15.2 Å². The Morgan fingerprint density at radius 3 is 2.47 bits per heavy atom. The van der Waals surface area contributed by atoms with Gasteiger partial charge in [-0.15, -0.1) is 0 Å². The quantitative estimate of drug-likeness (QED) is 0.768. The molecule has 3 nitrogen and oxygen atoms in total. The minimum absolute atomic E-state index is 0.112. The van der Waals surface area contributed by atoms with Crippen molar-refractivity contribution in [3.8, 4) is 11.5 Å². The molecule has 3 heteroatoms. The normalized spacial score (nSPS) is 12.5. The molecule has 0 amide bonds. The third-order valence-corrected chi connectivity index (χ3v) is 2.38. The minimum atomic E-state index is 0.112. The minimum Gasteiger partial charge on any atom is -0.491 e.